The average molecular weight is 305 g/mol. The summed E-state index contributed by atoms with van der Waals surface area (Å²) in [6.45, 7) is 6.14. The Morgan fingerprint density at radius 1 is 1.14 bits per heavy atom. The quantitative estimate of drug-likeness (QED) is 0.698. The van der Waals surface area contributed by atoms with E-state index in [1.807, 2.05) is 6.92 Å². The Hall–Kier alpha value is -1.27. The van der Waals surface area contributed by atoms with Gasteiger partial charge in [-0.2, -0.15) is 0 Å². The summed E-state index contributed by atoms with van der Waals surface area (Å²) >= 11 is 0. The lowest BCUT2D eigenvalue weighted by molar-refractivity contribution is -0.274. The van der Waals surface area contributed by atoms with Gasteiger partial charge < -0.3 is 14.8 Å². The number of alkyl halides is 3. The van der Waals surface area contributed by atoms with Gasteiger partial charge in [0.15, 0.2) is 0 Å². The third kappa shape index (κ3) is 7.92. The fourth-order valence-corrected chi connectivity index (χ4v) is 1.77. The van der Waals surface area contributed by atoms with Crippen molar-refractivity contribution in [3.05, 3.63) is 29.8 Å². The number of ether oxygens (including phenoxy) is 2. The maximum atomic E-state index is 12.0. The van der Waals surface area contributed by atoms with Crippen molar-refractivity contribution >= 4 is 0 Å². The van der Waals surface area contributed by atoms with Crippen LogP contribution in [0, 0.1) is 0 Å². The van der Waals surface area contributed by atoms with Gasteiger partial charge in [0.05, 0.1) is 6.61 Å². The van der Waals surface area contributed by atoms with Crippen LogP contribution in [0.4, 0.5) is 13.2 Å². The standard InChI is InChI=1S/C15H22F3NO2/c1-3-4-10-20-11-9-19-12(2)13-5-7-14(8-6-13)21-15(16,17)18/h5-8,12,19H,3-4,9-11H2,1-2H3. The second-order valence-electron chi connectivity index (χ2n) is 4.76. The van der Waals surface area contributed by atoms with Crippen LogP contribution in [0.2, 0.25) is 0 Å². The van der Waals surface area contributed by atoms with Crippen LogP contribution < -0.4 is 10.1 Å². The summed E-state index contributed by atoms with van der Waals surface area (Å²) in [5.74, 6) is -0.207. The van der Waals surface area contributed by atoms with Gasteiger partial charge in [-0.05, 0) is 31.0 Å². The largest absolute Gasteiger partial charge is 0.573 e. The van der Waals surface area contributed by atoms with Crippen LogP contribution in [0.5, 0.6) is 5.75 Å². The lowest BCUT2D eigenvalue weighted by Crippen LogP contribution is -2.23. The van der Waals surface area contributed by atoms with Gasteiger partial charge in [-0.1, -0.05) is 25.5 Å². The van der Waals surface area contributed by atoms with E-state index in [-0.39, 0.29) is 11.8 Å². The first-order chi connectivity index (χ1) is 9.92. The Balaban J connectivity index is 2.32. The third-order valence-corrected chi connectivity index (χ3v) is 2.95. The lowest BCUT2D eigenvalue weighted by Gasteiger charge is -2.15. The van der Waals surface area contributed by atoms with Crippen LogP contribution in [0.25, 0.3) is 0 Å². The fourth-order valence-electron chi connectivity index (χ4n) is 1.77. The molecule has 0 aliphatic rings. The Morgan fingerprint density at radius 2 is 1.81 bits per heavy atom. The van der Waals surface area contributed by atoms with Gasteiger partial charge in [0.1, 0.15) is 5.75 Å². The molecule has 0 bridgehead atoms. The van der Waals surface area contributed by atoms with Crippen LogP contribution in [-0.2, 0) is 4.74 Å². The molecule has 21 heavy (non-hydrogen) atoms. The van der Waals surface area contributed by atoms with Gasteiger partial charge in [0.2, 0.25) is 0 Å². The summed E-state index contributed by atoms with van der Waals surface area (Å²) in [5, 5.41) is 3.26. The van der Waals surface area contributed by atoms with E-state index in [1.54, 1.807) is 12.1 Å². The van der Waals surface area contributed by atoms with Crippen LogP contribution in [-0.4, -0.2) is 26.1 Å². The minimum absolute atomic E-state index is 0.0414. The molecule has 1 unspecified atom stereocenters. The predicted octanol–water partition coefficient (Wildman–Crippen LogP) is 4.05. The van der Waals surface area contributed by atoms with Gasteiger partial charge >= 0.3 is 6.36 Å². The Labute approximate surface area is 123 Å². The SMILES string of the molecule is CCCCOCCNC(C)c1ccc(OC(F)(F)F)cc1. The molecule has 1 aromatic rings. The molecular formula is C15H22F3NO2. The monoisotopic (exact) mass is 305 g/mol. The molecule has 3 nitrogen and oxygen atoms in total. The maximum absolute atomic E-state index is 12.0. The topological polar surface area (TPSA) is 30.5 Å². The van der Waals surface area contributed by atoms with Crippen molar-refractivity contribution in [3.63, 3.8) is 0 Å². The Morgan fingerprint density at radius 3 is 2.38 bits per heavy atom. The molecule has 0 heterocycles. The van der Waals surface area contributed by atoms with Crippen molar-refractivity contribution in [1.82, 2.24) is 5.32 Å². The molecule has 1 atom stereocenters. The van der Waals surface area contributed by atoms with E-state index in [4.69, 9.17) is 4.74 Å². The lowest BCUT2D eigenvalue weighted by atomic mass is 10.1. The summed E-state index contributed by atoms with van der Waals surface area (Å²) in [4.78, 5) is 0. The van der Waals surface area contributed by atoms with Gasteiger partial charge in [-0.3, -0.25) is 0 Å². The van der Waals surface area contributed by atoms with Crippen molar-refractivity contribution in [2.45, 2.75) is 39.1 Å². The summed E-state index contributed by atoms with van der Waals surface area (Å²) in [6.07, 6.45) is -2.49. The molecule has 120 valence electrons. The van der Waals surface area contributed by atoms with Crippen molar-refractivity contribution in [2.75, 3.05) is 19.8 Å². The summed E-state index contributed by atoms with van der Waals surface area (Å²) < 4.78 is 45.4. The van der Waals surface area contributed by atoms with E-state index in [0.717, 1.165) is 25.0 Å². The summed E-state index contributed by atoms with van der Waals surface area (Å²) in [6, 6.07) is 5.92. The molecule has 6 heteroatoms. The number of benzene rings is 1. The van der Waals surface area contributed by atoms with E-state index >= 15 is 0 Å². The Kier molecular flexibility index (Phi) is 7.53. The predicted molar refractivity (Wildman–Crippen MR) is 75.3 cm³/mol. The second kappa shape index (κ2) is 8.89. The number of halogens is 3. The van der Waals surface area contributed by atoms with Crippen molar-refractivity contribution < 1.29 is 22.6 Å². The fraction of sp³-hybridized carbons (Fsp3) is 0.600. The van der Waals surface area contributed by atoms with Crippen LogP contribution in [0.15, 0.2) is 24.3 Å². The summed E-state index contributed by atoms with van der Waals surface area (Å²) in [7, 11) is 0. The molecule has 0 aliphatic heterocycles. The van der Waals surface area contributed by atoms with Crippen molar-refractivity contribution in [3.8, 4) is 5.75 Å². The average Bonchev–Trinajstić information content (AvgIpc) is 2.41. The van der Waals surface area contributed by atoms with Crippen molar-refractivity contribution in [2.24, 2.45) is 0 Å². The van der Waals surface area contributed by atoms with Crippen molar-refractivity contribution in [1.29, 1.82) is 0 Å². The summed E-state index contributed by atoms with van der Waals surface area (Å²) in [5.41, 5.74) is 0.901. The number of nitrogens with one attached hydrogen (secondary N) is 1. The van der Waals surface area contributed by atoms with E-state index < -0.39 is 6.36 Å². The molecule has 0 amide bonds. The molecule has 1 rings (SSSR count). The highest BCUT2D eigenvalue weighted by atomic mass is 19.4. The van der Waals surface area contributed by atoms with Gasteiger partial charge in [0, 0.05) is 19.2 Å². The number of unbranched alkanes of at least 4 members (excludes halogenated alkanes) is 1. The molecule has 0 aromatic heterocycles. The normalized spacial score (nSPS) is 13.2. The first kappa shape index (κ1) is 17.8. The zero-order chi connectivity index (χ0) is 15.7. The van der Waals surface area contributed by atoms with E-state index in [1.165, 1.54) is 12.1 Å². The smallest absolute Gasteiger partial charge is 0.406 e. The zero-order valence-electron chi connectivity index (χ0n) is 12.4. The van der Waals surface area contributed by atoms with E-state index in [9.17, 15) is 13.2 Å². The maximum Gasteiger partial charge on any atom is 0.573 e. The molecule has 0 fully saturated rings. The molecule has 1 N–H and O–H groups in total. The number of hydrogen-bond acceptors (Lipinski definition) is 3. The molecule has 0 spiro atoms. The van der Waals surface area contributed by atoms with Gasteiger partial charge in [-0.25, -0.2) is 0 Å². The molecular weight excluding hydrogens is 283 g/mol. The highest BCUT2D eigenvalue weighted by Gasteiger charge is 2.30. The highest BCUT2D eigenvalue weighted by molar-refractivity contribution is 5.29. The number of rotatable bonds is 9. The second-order valence-corrected chi connectivity index (χ2v) is 4.76. The van der Waals surface area contributed by atoms with Crippen LogP contribution in [0.3, 0.4) is 0 Å². The third-order valence-electron chi connectivity index (χ3n) is 2.95. The van der Waals surface area contributed by atoms with E-state index in [0.29, 0.717) is 13.2 Å². The molecule has 0 saturated heterocycles. The van der Waals surface area contributed by atoms with Crippen LogP contribution >= 0.6 is 0 Å². The van der Waals surface area contributed by atoms with Gasteiger partial charge in [0.25, 0.3) is 0 Å². The zero-order valence-corrected chi connectivity index (χ0v) is 12.4. The van der Waals surface area contributed by atoms with Crippen LogP contribution in [0.1, 0.15) is 38.3 Å². The molecule has 1 aromatic carbocycles. The first-order valence-electron chi connectivity index (χ1n) is 7.09. The molecule has 0 radical (unpaired) electrons. The molecule has 0 aliphatic carbocycles. The number of hydrogen-bond donors (Lipinski definition) is 1. The minimum atomic E-state index is -4.65. The van der Waals surface area contributed by atoms with E-state index in [2.05, 4.69) is 17.0 Å². The Bertz CT molecular complexity index is 393. The highest BCUT2D eigenvalue weighted by Crippen LogP contribution is 2.24. The molecule has 0 saturated carbocycles. The minimum Gasteiger partial charge on any atom is -0.406 e. The van der Waals surface area contributed by atoms with Gasteiger partial charge in [-0.15, -0.1) is 13.2 Å². The first-order valence-corrected chi connectivity index (χ1v) is 7.09.